The fraction of sp³-hybridized carbons (Fsp3) is 0.231. The van der Waals surface area contributed by atoms with Crippen LogP contribution in [-0.2, 0) is 9.53 Å². The van der Waals surface area contributed by atoms with Gasteiger partial charge in [-0.05, 0) is 17.7 Å². The summed E-state index contributed by atoms with van der Waals surface area (Å²) in [7, 11) is 1.35. The summed E-state index contributed by atoms with van der Waals surface area (Å²) in [5.74, 6) is 0.277. The van der Waals surface area contributed by atoms with Gasteiger partial charge in [-0.25, -0.2) is 4.79 Å². The molecule has 0 radical (unpaired) electrons. The first kappa shape index (κ1) is 15.0. The maximum Gasteiger partial charge on any atom is 0.337 e. The SMILES string of the molecule is COC(=O)c1ccc(C=CCSC(C)=O)c(Br)c1. The molecule has 0 saturated heterocycles. The van der Waals surface area contributed by atoms with Gasteiger partial charge in [0.05, 0.1) is 12.7 Å². The Labute approximate surface area is 119 Å². The van der Waals surface area contributed by atoms with Gasteiger partial charge in [-0.1, -0.05) is 45.9 Å². The largest absolute Gasteiger partial charge is 0.465 e. The van der Waals surface area contributed by atoms with Crippen LogP contribution in [0, 0.1) is 0 Å². The molecule has 3 nitrogen and oxygen atoms in total. The molecule has 0 heterocycles. The third kappa shape index (κ3) is 4.66. The van der Waals surface area contributed by atoms with E-state index in [0.29, 0.717) is 11.3 Å². The number of ether oxygens (including phenoxy) is 1. The molecule has 0 fully saturated rings. The number of carbonyl (C=O) groups is 2. The van der Waals surface area contributed by atoms with Crippen molar-refractivity contribution in [2.45, 2.75) is 6.92 Å². The van der Waals surface area contributed by atoms with Crippen molar-refractivity contribution in [3.05, 3.63) is 39.9 Å². The summed E-state index contributed by atoms with van der Waals surface area (Å²) in [5.41, 5.74) is 1.45. The third-order valence-corrected chi connectivity index (χ3v) is 3.55. The van der Waals surface area contributed by atoms with Gasteiger partial charge in [-0.15, -0.1) is 0 Å². The second-order valence-electron chi connectivity index (χ2n) is 3.43. The number of thioether (sulfide) groups is 1. The minimum Gasteiger partial charge on any atom is -0.465 e. The highest BCUT2D eigenvalue weighted by Gasteiger charge is 2.06. The molecule has 96 valence electrons. The molecule has 0 aliphatic heterocycles. The molecule has 0 unspecified atom stereocenters. The molecular weight excluding hydrogens is 316 g/mol. The lowest BCUT2D eigenvalue weighted by Gasteiger charge is -2.02. The lowest BCUT2D eigenvalue weighted by molar-refractivity contribution is -0.109. The average molecular weight is 329 g/mol. The maximum atomic E-state index is 11.3. The maximum absolute atomic E-state index is 11.3. The summed E-state index contributed by atoms with van der Waals surface area (Å²) < 4.78 is 5.45. The monoisotopic (exact) mass is 328 g/mol. The fourth-order valence-corrected chi connectivity index (χ4v) is 2.19. The number of methoxy groups -OCH3 is 1. The minimum atomic E-state index is -0.363. The lowest BCUT2D eigenvalue weighted by atomic mass is 10.1. The summed E-state index contributed by atoms with van der Waals surface area (Å²) in [4.78, 5) is 22.1. The molecule has 5 heteroatoms. The van der Waals surface area contributed by atoms with Crippen LogP contribution in [0.1, 0.15) is 22.8 Å². The Bertz CT molecular complexity index is 483. The molecule has 0 bridgehead atoms. The molecule has 0 amide bonds. The molecule has 0 N–H and O–H groups in total. The van der Waals surface area contributed by atoms with Crippen molar-refractivity contribution >= 4 is 44.9 Å². The second-order valence-corrected chi connectivity index (χ2v) is 5.48. The summed E-state index contributed by atoms with van der Waals surface area (Å²) >= 11 is 4.65. The van der Waals surface area contributed by atoms with Gasteiger partial charge in [-0.2, -0.15) is 0 Å². The molecule has 0 aliphatic carbocycles. The Kier molecular flexibility index (Phi) is 6.15. The second kappa shape index (κ2) is 7.38. The van der Waals surface area contributed by atoms with Gasteiger partial charge in [-0.3, -0.25) is 4.79 Å². The summed E-state index contributed by atoms with van der Waals surface area (Å²) in [6.45, 7) is 1.54. The molecule has 0 aliphatic rings. The van der Waals surface area contributed by atoms with Crippen LogP contribution in [-0.4, -0.2) is 23.9 Å². The molecule has 0 saturated carbocycles. The van der Waals surface area contributed by atoms with Crippen molar-refractivity contribution in [2.24, 2.45) is 0 Å². The standard InChI is InChI=1S/C13H13BrO3S/c1-9(15)18-7-3-4-10-5-6-11(8-12(10)14)13(16)17-2/h3-6,8H,7H2,1-2H3. The van der Waals surface area contributed by atoms with E-state index in [4.69, 9.17) is 0 Å². The number of esters is 1. The van der Waals surface area contributed by atoms with Gasteiger partial charge >= 0.3 is 5.97 Å². The van der Waals surface area contributed by atoms with Crippen molar-refractivity contribution in [1.29, 1.82) is 0 Å². The number of benzene rings is 1. The summed E-state index contributed by atoms with van der Waals surface area (Å²) in [5, 5.41) is 0.0970. The van der Waals surface area contributed by atoms with Gasteiger partial charge < -0.3 is 4.74 Å². The van der Waals surface area contributed by atoms with Crippen molar-refractivity contribution < 1.29 is 14.3 Å². The van der Waals surface area contributed by atoms with Gasteiger partial charge in [0.25, 0.3) is 0 Å². The number of rotatable bonds is 4. The minimum absolute atomic E-state index is 0.0970. The van der Waals surface area contributed by atoms with E-state index in [1.54, 1.807) is 19.1 Å². The highest BCUT2D eigenvalue weighted by Crippen LogP contribution is 2.20. The Morgan fingerprint density at radius 2 is 2.17 bits per heavy atom. The molecule has 18 heavy (non-hydrogen) atoms. The van der Waals surface area contributed by atoms with Crippen LogP contribution in [0.25, 0.3) is 6.08 Å². The van der Waals surface area contributed by atoms with E-state index in [1.165, 1.54) is 18.9 Å². The molecule has 0 aromatic heterocycles. The van der Waals surface area contributed by atoms with E-state index >= 15 is 0 Å². The topological polar surface area (TPSA) is 43.4 Å². The van der Waals surface area contributed by atoms with Crippen LogP contribution in [0.15, 0.2) is 28.7 Å². The first-order chi connectivity index (χ1) is 8.54. The molecule has 1 aromatic rings. The number of carbonyl (C=O) groups excluding carboxylic acids is 2. The molecule has 1 aromatic carbocycles. The van der Waals surface area contributed by atoms with Crippen LogP contribution in [0.5, 0.6) is 0 Å². The predicted molar refractivity (Wildman–Crippen MR) is 77.7 cm³/mol. The van der Waals surface area contributed by atoms with Crippen molar-refractivity contribution in [1.82, 2.24) is 0 Å². The number of hydrogen-bond donors (Lipinski definition) is 0. The molecule has 0 spiro atoms. The van der Waals surface area contributed by atoms with Gasteiger partial charge in [0.1, 0.15) is 0 Å². The predicted octanol–water partition coefficient (Wildman–Crippen LogP) is 3.53. The first-order valence-electron chi connectivity index (χ1n) is 5.22. The molecule has 1 rings (SSSR count). The van der Waals surface area contributed by atoms with E-state index in [9.17, 15) is 9.59 Å². The van der Waals surface area contributed by atoms with Crippen molar-refractivity contribution in [2.75, 3.05) is 12.9 Å². The van der Waals surface area contributed by atoms with E-state index in [0.717, 1.165) is 10.0 Å². The average Bonchev–Trinajstić information content (AvgIpc) is 2.34. The van der Waals surface area contributed by atoms with Crippen LogP contribution in [0.3, 0.4) is 0 Å². The molecule has 0 atom stereocenters. The fourth-order valence-electron chi connectivity index (χ4n) is 1.25. The van der Waals surface area contributed by atoms with Crippen LogP contribution in [0.4, 0.5) is 0 Å². The first-order valence-corrected chi connectivity index (χ1v) is 7.00. The molecular formula is C13H13BrO3S. The Hall–Kier alpha value is -1.07. The van der Waals surface area contributed by atoms with E-state index in [1.807, 2.05) is 18.2 Å². The highest BCUT2D eigenvalue weighted by atomic mass is 79.9. The van der Waals surface area contributed by atoms with Gasteiger partial charge in [0, 0.05) is 17.1 Å². The smallest absolute Gasteiger partial charge is 0.337 e. The number of halogens is 1. The highest BCUT2D eigenvalue weighted by molar-refractivity contribution is 9.10. The van der Waals surface area contributed by atoms with E-state index in [-0.39, 0.29) is 11.1 Å². The van der Waals surface area contributed by atoms with Gasteiger partial charge in [0.15, 0.2) is 5.12 Å². The Morgan fingerprint density at radius 3 is 2.72 bits per heavy atom. The third-order valence-electron chi connectivity index (χ3n) is 2.10. The zero-order valence-corrected chi connectivity index (χ0v) is 12.5. The summed E-state index contributed by atoms with van der Waals surface area (Å²) in [6, 6.07) is 5.24. The summed E-state index contributed by atoms with van der Waals surface area (Å²) in [6.07, 6.45) is 3.81. The number of hydrogen-bond acceptors (Lipinski definition) is 4. The van der Waals surface area contributed by atoms with Crippen molar-refractivity contribution in [3.63, 3.8) is 0 Å². The zero-order chi connectivity index (χ0) is 13.5. The van der Waals surface area contributed by atoms with Crippen LogP contribution in [0.2, 0.25) is 0 Å². The zero-order valence-electron chi connectivity index (χ0n) is 10.1. The quantitative estimate of drug-likeness (QED) is 0.793. The normalized spacial score (nSPS) is 10.6. The van der Waals surface area contributed by atoms with E-state index in [2.05, 4.69) is 20.7 Å². The lowest BCUT2D eigenvalue weighted by Crippen LogP contribution is -2.00. The van der Waals surface area contributed by atoms with Crippen LogP contribution < -0.4 is 0 Å². The Balaban J connectivity index is 2.73. The van der Waals surface area contributed by atoms with Crippen molar-refractivity contribution in [3.8, 4) is 0 Å². The Morgan fingerprint density at radius 1 is 1.44 bits per heavy atom. The van der Waals surface area contributed by atoms with Crippen LogP contribution >= 0.6 is 27.7 Å². The van der Waals surface area contributed by atoms with E-state index < -0.39 is 0 Å². The van der Waals surface area contributed by atoms with Gasteiger partial charge in [0.2, 0.25) is 0 Å².